The Bertz CT molecular complexity index is 225. The van der Waals surface area contributed by atoms with Gasteiger partial charge in [0.05, 0.1) is 12.1 Å². The number of carbonyl (C=O) groups is 1. The van der Waals surface area contributed by atoms with Gasteiger partial charge in [-0.25, -0.2) is 0 Å². The number of amides is 1. The second-order valence-electron chi connectivity index (χ2n) is 3.95. The minimum absolute atomic E-state index is 0.0239. The van der Waals surface area contributed by atoms with Crippen molar-refractivity contribution in [3.63, 3.8) is 0 Å². The van der Waals surface area contributed by atoms with Crippen LogP contribution in [0.25, 0.3) is 0 Å². The van der Waals surface area contributed by atoms with Gasteiger partial charge in [0.25, 0.3) is 0 Å². The zero-order chi connectivity index (χ0) is 11.3. The van der Waals surface area contributed by atoms with Crippen LogP contribution in [0.2, 0.25) is 0 Å². The van der Waals surface area contributed by atoms with Crippen molar-refractivity contribution in [1.82, 2.24) is 10.6 Å². The van der Waals surface area contributed by atoms with Gasteiger partial charge in [0.15, 0.2) is 0 Å². The monoisotopic (exact) mass is 212 g/mol. The molecule has 2 N–H and O–H groups in total. The van der Waals surface area contributed by atoms with Gasteiger partial charge in [-0.1, -0.05) is 6.08 Å². The molecule has 1 saturated carbocycles. The normalized spacial score (nSPS) is 26.5. The third-order valence-electron chi connectivity index (χ3n) is 2.73. The van der Waals surface area contributed by atoms with Crippen LogP contribution < -0.4 is 10.6 Å². The summed E-state index contributed by atoms with van der Waals surface area (Å²) in [6.45, 7) is 5.95. The quantitative estimate of drug-likeness (QED) is 0.628. The average Bonchev–Trinajstić information content (AvgIpc) is 2.18. The summed E-state index contributed by atoms with van der Waals surface area (Å²) in [5.41, 5.74) is 0. The highest BCUT2D eigenvalue weighted by Gasteiger charge is 2.30. The summed E-state index contributed by atoms with van der Waals surface area (Å²) in [6, 6.07) is 0.271. The molecule has 0 aromatic heterocycles. The van der Waals surface area contributed by atoms with Crippen LogP contribution in [0.1, 0.15) is 19.8 Å². The van der Waals surface area contributed by atoms with Crippen LogP contribution >= 0.6 is 0 Å². The van der Waals surface area contributed by atoms with Crippen molar-refractivity contribution in [3.05, 3.63) is 12.7 Å². The molecule has 1 rings (SSSR count). The lowest BCUT2D eigenvalue weighted by Gasteiger charge is -2.36. The van der Waals surface area contributed by atoms with Gasteiger partial charge in [-0.15, -0.1) is 6.58 Å². The SMILES string of the molecule is C=CCNC(=O)C(C)NC1CC(OC)C1. The van der Waals surface area contributed by atoms with Crippen molar-refractivity contribution in [3.8, 4) is 0 Å². The molecule has 0 radical (unpaired) electrons. The van der Waals surface area contributed by atoms with Crippen LogP contribution in [0.5, 0.6) is 0 Å². The van der Waals surface area contributed by atoms with E-state index in [4.69, 9.17) is 4.74 Å². The number of hydrogen-bond donors (Lipinski definition) is 2. The first kappa shape index (κ1) is 12.2. The highest BCUT2D eigenvalue weighted by molar-refractivity contribution is 5.81. The molecule has 1 fully saturated rings. The number of methoxy groups -OCH3 is 1. The first-order chi connectivity index (χ1) is 7.17. The Morgan fingerprint density at radius 3 is 2.87 bits per heavy atom. The van der Waals surface area contributed by atoms with Gasteiger partial charge in [0.2, 0.25) is 5.91 Å². The molecule has 0 aliphatic heterocycles. The van der Waals surface area contributed by atoms with Crippen molar-refractivity contribution >= 4 is 5.91 Å². The maximum absolute atomic E-state index is 11.5. The minimum Gasteiger partial charge on any atom is -0.381 e. The van der Waals surface area contributed by atoms with Gasteiger partial charge < -0.3 is 15.4 Å². The lowest BCUT2D eigenvalue weighted by Crippen LogP contribution is -2.52. The van der Waals surface area contributed by atoms with Crippen LogP contribution in [-0.2, 0) is 9.53 Å². The van der Waals surface area contributed by atoms with E-state index in [2.05, 4.69) is 17.2 Å². The fourth-order valence-electron chi connectivity index (χ4n) is 1.65. The highest BCUT2D eigenvalue weighted by Crippen LogP contribution is 2.22. The Kier molecular flexibility index (Phi) is 4.78. The van der Waals surface area contributed by atoms with Crippen LogP contribution in [-0.4, -0.2) is 37.7 Å². The molecular weight excluding hydrogens is 192 g/mol. The lowest BCUT2D eigenvalue weighted by molar-refractivity contribution is -0.123. The van der Waals surface area contributed by atoms with E-state index < -0.39 is 0 Å². The lowest BCUT2D eigenvalue weighted by atomic mass is 9.88. The molecular formula is C11H20N2O2. The molecule has 4 nitrogen and oxygen atoms in total. The molecule has 1 unspecified atom stereocenters. The summed E-state index contributed by atoms with van der Waals surface area (Å²) < 4.78 is 5.17. The van der Waals surface area contributed by atoms with Crippen molar-refractivity contribution in [2.75, 3.05) is 13.7 Å². The highest BCUT2D eigenvalue weighted by atomic mass is 16.5. The summed E-state index contributed by atoms with van der Waals surface area (Å²) in [5, 5.41) is 6.02. The Hall–Kier alpha value is -0.870. The molecule has 4 heteroatoms. The molecule has 1 atom stereocenters. The summed E-state index contributed by atoms with van der Waals surface area (Å²) in [6.07, 6.45) is 4.03. The second kappa shape index (κ2) is 5.88. The van der Waals surface area contributed by atoms with Crippen molar-refractivity contribution in [2.24, 2.45) is 0 Å². The predicted molar refractivity (Wildman–Crippen MR) is 59.6 cm³/mol. The molecule has 0 saturated heterocycles. The zero-order valence-electron chi connectivity index (χ0n) is 9.45. The summed E-state index contributed by atoms with van der Waals surface area (Å²) >= 11 is 0. The maximum Gasteiger partial charge on any atom is 0.237 e. The molecule has 1 aliphatic carbocycles. The smallest absolute Gasteiger partial charge is 0.237 e. The Morgan fingerprint density at radius 2 is 2.33 bits per heavy atom. The van der Waals surface area contributed by atoms with E-state index in [1.54, 1.807) is 13.2 Å². The Labute approximate surface area is 91.1 Å². The van der Waals surface area contributed by atoms with E-state index in [0.717, 1.165) is 12.8 Å². The van der Waals surface area contributed by atoms with E-state index in [-0.39, 0.29) is 11.9 Å². The van der Waals surface area contributed by atoms with Crippen LogP contribution in [0.15, 0.2) is 12.7 Å². The van der Waals surface area contributed by atoms with E-state index in [9.17, 15) is 4.79 Å². The average molecular weight is 212 g/mol. The van der Waals surface area contributed by atoms with E-state index in [1.807, 2.05) is 6.92 Å². The molecule has 0 aromatic carbocycles. The topological polar surface area (TPSA) is 50.4 Å². The summed E-state index contributed by atoms with van der Waals surface area (Å²) in [7, 11) is 1.72. The van der Waals surface area contributed by atoms with Crippen molar-refractivity contribution in [1.29, 1.82) is 0 Å². The largest absolute Gasteiger partial charge is 0.381 e. The third-order valence-corrected chi connectivity index (χ3v) is 2.73. The third kappa shape index (κ3) is 3.64. The van der Waals surface area contributed by atoms with Crippen molar-refractivity contribution < 1.29 is 9.53 Å². The Balaban J connectivity index is 2.15. The molecule has 15 heavy (non-hydrogen) atoms. The van der Waals surface area contributed by atoms with Crippen LogP contribution in [0, 0.1) is 0 Å². The zero-order valence-corrected chi connectivity index (χ0v) is 9.45. The first-order valence-corrected chi connectivity index (χ1v) is 5.34. The van der Waals surface area contributed by atoms with Gasteiger partial charge in [-0.2, -0.15) is 0 Å². The van der Waals surface area contributed by atoms with Gasteiger partial charge in [0.1, 0.15) is 0 Å². The summed E-state index contributed by atoms with van der Waals surface area (Å²) in [4.78, 5) is 11.5. The second-order valence-corrected chi connectivity index (χ2v) is 3.95. The van der Waals surface area contributed by atoms with Crippen LogP contribution in [0.4, 0.5) is 0 Å². The Morgan fingerprint density at radius 1 is 1.67 bits per heavy atom. The van der Waals surface area contributed by atoms with E-state index >= 15 is 0 Å². The molecule has 0 heterocycles. The first-order valence-electron chi connectivity index (χ1n) is 5.34. The molecule has 1 aliphatic rings. The number of carbonyl (C=O) groups excluding carboxylic acids is 1. The predicted octanol–water partition coefficient (Wildman–Crippen LogP) is 0.444. The number of ether oxygens (including phenoxy) is 1. The number of rotatable bonds is 6. The fourth-order valence-corrected chi connectivity index (χ4v) is 1.65. The minimum atomic E-state index is -0.146. The van der Waals surface area contributed by atoms with Gasteiger partial charge in [0, 0.05) is 19.7 Å². The molecule has 0 aromatic rings. The van der Waals surface area contributed by atoms with Gasteiger partial charge in [-0.05, 0) is 19.8 Å². The fraction of sp³-hybridized carbons (Fsp3) is 0.727. The van der Waals surface area contributed by atoms with Crippen molar-refractivity contribution in [2.45, 2.75) is 38.0 Å². The number of hydrogen-bond acceptors (Lipinski definition) is 3. The maximum atomic E-state index is 11.5. The molecule has 1 amide bonds. The molecule has 86 valence electrons. The van der Waals surface area contributed by atoms with Gasteiger partial charge >= 0.3 is 0 Å². The summed E-state index contributed by atoms with van der Waals surface area (Å²) in [5.74, 6) is 0.0239. The number of nitrogens with one attached hydrogen (secondary N) is 2. The standard InChI is InChI=1S/C11H20N2O2/c1-4-5-12-11(14)8(2)13-9-6-10(7-9)15-3/h4,8-10,13H,1,5-7H2,2-3H3,(H,12,14). The van der Waals surface area contributed by atoms with Gasteiger partial charge in [-0.3, -0.25) is 4.79 Å². The van der Waals surface area contributed by atoms with Crippen LogP contribution in [0.3, 0.4) is 0 Å². The van der Waals surface area contributed by atoms with E-state index in [0.29, 0.717) is 18.7 Å². The molecule has 0 spiro atoms. The van der Waals surface area contributed by atoms with E-state index in [1.165, 1.54) is 0 Å². The molecule has 0 bridgehead atoms.